The van der Waals surface area contributed by atoms with Crippen molar-refractivity contribution in [3.63, 3.8) is 0 Å². The molecule has 0 aliphatic heterocycles. The Morgan fingerprint density at radius 2 is 1.42 bits per heavy atom. The van der Waals surface area contributed by atoms with Crippen molar-refractivity contribution in [3.8, 4) is 0 Å². The lowest BCUT2D eigenvalue weighted by molar-refractivity contribution is 0.537. The van der Waals surface area contributed by atoms with Crippen molar-refractivity contribution in [2.45, 2.75) is 25.9 Å². The minimum absolute atomic E-state index is 0.343. The predicted molar refractivity (Wildman–Crippen MR) is 82.9 cm³/mol. The Balaban J connectivity index is 1.91. The summed E-state index contributed by atoms with van der Waals surface area (Å²) < 4.78 is 0. The Morgan fingerprint density at radius 1 is 0.842 bits per heavy atom. The van der Waals surface area contributed by atoms with E-state index in [2.05, 4.69) is 85.9 Å². The molecule has 1 nitrogen and oxygen atoms in total. The van der Waals surface area contributed by atoms with Crippen LogP contribution in [0.3, 0.4) is 0 Å². The normalized spacial score (nSPS) is 14.4. The predicted octanol–water partition coefficient (Wildman–Crippen LogP) is 4.44. The minimum Gasteiger partial charge on any atom is -0.304 e. The van der Waals surface area contributed by atoms with E-state index < -0.39 is 0 Å². The van der Waals surface area contributed by atoms with Crippen LogP contribution in [-0.2, 0) is 0 Å². The molecule has 0 aliphatic rings. The SMILES string of the molecule is C[C@@H](/C=C/c1ccccc1)N[C@H](C)c1ccccc1. The van der Waals surface area contributed by atoms with Gasteiger partial charge in [0, 0.05) is 12.1 Å². The molecule has 0 fully saturated rings. The summed E-state index contributed by atoms with van der Waals surface area (Å²) in [6, 6.07) is 21.6. The highest BCUT2D eigenvalue weighted by Crippen LogP contribution is 2.12. The molecule has 0 unspecified atom stereocenters. The number of hydrogen-bond acceptors (Lipinski definition) is 1. The quantitative estimate of drug-likeness (QED) is 0.828. The monoisotopic (exact) mass is 251 g/mol. The molecule has 19 heavy (non-hydrogen) atoms. The van der Waals surface area contributed by atoms with Gasteiger partial charge in [-0.1, -0.05) is 72.8 Å². The van der Waals surface area contributed by atoms with E-state index in [0.29, 0.717) is 12.1 Å². The van der Waals surface area contributed by atoms with E-state index >= 15 is 0 Å². The first kappa shape index (κ1) is 13.6. The van der Waals surface area contributed by atoms with E-state index in [-0.39, 0.29) is 0 Å². The summed E-state index contributed by atoms with van der Waals surface area (Å²) in [5.41, 5.74) is 2.56. The molecule has 2 rings (SSSR count). The maximum Gasteiger partial charge on any atom is 0.0297 e. The fourth-order valence-corrected chi connectivity index (χ4v) is 2.11. The lowest BCUT2D eigenvalue weighted by Crippen LogP contribution is -2.27. The van der Waals surface area contributed by atoms with Gasteiger partial charge in [-0.15, -0.1) is 0 Å². The van der Waals surface area contributed by atoms with Crippen LogP contribution < -0.4 is 5.32 Å². The van der Waals surface area contributed by atoms with Crippen molar-refractivity contribution in [1.82, 2.24) is 5.32 Å². The van der Waals surface area contributed by atoms with Gasteiger partial charge < -0.3 is 5.32 Å². The maximum absolute atomic E-state index is 3.58. The average Bonchev–Trinajstić information content (AvgIpc) is 2.47. The topological polar surface area (TPSA) is 12.0 Å². The fourth-order valence-electron chi connectivity index (χ4n) is 2.11. The summed E-state index contributed by atoms with van der Waals surface area (Å²) in [4.78, 5) is 0. The van der Waals surface area contributed by atoms with Gasteiger partial charge in [-0.3, -0.25) is 0 Å². The van der Waals surface area contributed by atoms with Gasteiger partial charge >= 0.3 is 0 Å². The zero-order chi connectivity index (χ0) is 13.5. The first-order chi connectivity index (χ1) is 9.25. The third-order valence-corrected chi connectivity index (χ3v) is 3.19. The smallest absolute Gasteiger partial charge is 0.0297 e. The van der Waals surface area contributed by atoms with Crippen molar-refractivity contribution in [3.05, 3.63) is 77.9 Å². The van der Waals surface area contributed by atoms with Crippen LogP contribution in [0.4, 0.5) is 0 Å². The Bertz CT molecular complexity index is 502. The van der Waals surface area contributed by atoms with E-state index in [0.717, 1.165) is 0 Å². The number of nitrogens with one attached hydrogen (secondary N) is 1. The summed E-state index contributed by atoms with van der Waals surface area (Å²) in [7, 11) is 0. The molecular formula is C18H21N. The summed E-state index contributed by atoms with van der Waals surface area (Å²) in [6.45, 7) is 4.38. The standard InChI is InChI=1S/C18H21N/c1-15(13-14-17-9-5-3-6-10-17)19-16(2)18-11-7-4-8-12-18/h3-16,19H,1-2H3/b14-13+/t15-,16+/m0/s1. The molecule has 0 heterocycles. The molecule has 0 saturated carbocycles. The second kappa shape index (κ2) is 6.91. The van der Waals surface area contributed by atoms with Crippen molar-refractivity contribution in [1.29, 1.82) is 0 Å². The highest BCUT2D eigenvalue weighted by Gasteiger charge is 2.06. The van der Waals surface area contributed by atoms with E-state index in [1.54, 1.807) is 0 Å². The first-order valence-corrected chi connectivity index (χ1v) is 6.80. The van der Waals surface area contributed by atoms with Crippen LogP contribution >= 0.6 is 0 Å². The molecule has 0 saturated heterocycles. The van der Waals surface area contributed by atoms with Crippen LogP contribution in [0, 0.1) is 0 Å². The minimum atomic E-state index is 0.343. The van der Waals surface area contributed by atoms with Gasteiger partial charge in [-0.25, -0.2) is 0 Å². The summed E-state index contributed by atoms with van der Waals surface area (Å²) >= 11 is 0. The van der Waals surface area contributed by atoms with Gasteiger partial charge in [0.25, 0.3) is 0 Å². The van der Waals surface area contributed by atoms with Crippen LogP contribution in [-0.4, -0.2) is 6.04 Å². The lowest BCUT2D eigenvalue weighted by Gasteiger charge is -2.17. The number of hydrogen-bond donors (Lipinski definition) is 1. The van der Waals surface area contributed by atoms with E-state index in [9.17, 15) is 0 Å². The maximum atomic E-state index is 3.58. The molecule has 98 valence electrons. The Labute approximate surface area is 116 Å². The lowest BCUT2D eigenvalue weighted by atomic mass is 10.1. The summed E-state index contributed by atoms with van der Waals surface area (Å²) in [5.74, 6) is 0. The fraction of sp³-hybridized carbons (Fsp3) is 0.222. The molecule has 2 aromatic rings. The Hall–Kier alpha value is -1.86. The molecule has 0 bridgehead atoms. The van der Waals surface area contributed by atoms with Crippen LogP contribution in [0.1, 0.15) is 31.0 Å². The number of benzene rings is 2. The molecule has 0 spiro atoms. The van der Waals surface area contributed by atoms with Crippen LogP contribution in [0.15, 0.2) is 66.7 Å². The Kier molecular flexibility index (Phi) is 4.93. The molecule has 0 aliphatic carbocycles. The highest BCUT2D eigenvalue weighted by molar-refractivity contribution is 5.49. The molecule has 1 heteroatoms. The van der Waals surface area contributed by atoms with Gasteiger partial charge in [0.15, 0.2) is 0 Å². The van der Waals surface area contributed by atoms with E-state index in [4.69, 9.17) is 0 Å². The third kappa shape index (κ3) is 4.38. The zero-order valence-electron chi connectivity index (χ0n) is 11.6. The van der Waals surface area contributed by atoms with Crippen molar-refractivity contribution < 1.29 is 0 Å². The van der Waals surface area contributed by atoms with Crippen LogP contribution in [0.5, 0.6) is 0 Å². The molecule has 2 aromatic carbocycles. The molecule has 1 N–H and O–H groups in total. The van der Waals surface area contributed by atoms with Gasteiger partial charge in [-0.05, 0) is 25.0 Å². The van der Waals surface area contributed by atoms with Crippen molar-refractivity contribution in [2.75, 3.05) is 0 Å². The second-order valence-corrected chi connectivity index (χ2v) is 4.86. The third-order valence-electron chi connectivity index (χ3n) is 3.19. The van der Waals surface area contributed by atoms with Gasteiger partial charge in [-0.2, -0.15) is 0 Å². The van der Waals surface area contributed by atoms with Crippen molar-refractivity contribution >= 4 is 6.08 Å². The zero-order valence-corrected chi connectivity index (χ0v) is 11.6. The van der Waals surface area contributed by atoms with Gasteiger partial charge in [0.1, 0.15) is 0 Å². The van der Waals surface area contributed by atoms with E-state index in [1.807, 2.05) is 6.07 Å². The number of rotatable bonds is 5. The largest absolute Gasteiger partial charge is 0.304 e. The average molecular weight is 251 g/mol. The molecule has 0 aromatic heterocycles. The summed E-state index contributed by atoms with van der Waals surface area (Å²) in [5, 5.41) is 3.58. The molecular weight excluding hydrogens is 230 g/mol. The van der Waals surface area contributed by atoms with Gasteiger partial charge in [0.2, 0.25) is 0 Å². The van der Waals surface area contributed by atoms with Crippen LogP contribution in [0.25, 0.3) is 6.08 Å². The Morgan fingerprint density at radius 3 is 2.05 bits per heavy atom. The van der Waals surface area contributed by atoms with Crippen molar-refractivity contribution in [2.24, 2.45) is 0 Å². The summed E-state index contributed by atoms with van der Waals surface area (Å²) in [6.07, 6.45) is 4.37. The molecule has 2 atom stereocenters. The molecule has 0 radical (unpaired) electrons. The molecule has 0 amide bonds. The van der Waals surface area contributed by atoms with Gasteiger partial charge in [0.05, 0.1) is 0 Å². The van der Waals surface area contributed by atoms with Crippen LogP contribution in [0.2, 0.25) is 0 Å². The second-order valence-electron chi connectivity index (χ2n) is 4.86. The first-order valence-electron chi connectivity index (χ1n) is 6.80. The highest BCUT2D eigenvalue weighted by atomic mass is 14.9. The van der Waals surface area contributed by atoms with E-state index in [1.165, 1.54) is 11.1 Å².